The first-order chi connectivity index (χ1) is 32.1. The third-order valence-corrected chi connectivity index (χ3v) is 16.1. The van der Waals surface area contributed by atoms with Gasteiger partial charge in [-0.3, -0.25) is 4.57 Å². The maximum absolute atomic E-state index is 7.26. The predicted octanol–water partition coefficient (Wildman–Crippen LogP) is 14.6. The second kappa shape index (κ2) is 14.1. The van der Waals surface area contributed by atoms with Crippen molar-refractivity contribution in [3.8, 4) is 17.3 Å². The van der Waals surface area contributed by atoms with Crippen molar-refractivity contribution in [2.75, 3.05) is 16.5 Å². The van der Waals surface area contributed by atoms with Crippen LogP contribution in [-0.2, 0) is 12.5 Å². The standard InChI is InChI=1S/C59H49N5O/c1-61-51-20-10-8-19-48(51)50-34-45(63-37-62(44-16-6-3-7-17-44)53-22-12-13-23-54(53)63)35-56(58(50)61)65-46-24-25-49-47-18-9-11-21-52(47)64(55(49)36-46)57-33-41(26-27-60-57)59(40-14-4-2-5-15-40)42-29-38-28-39(31-42)32-43(59)30-38/h2-27,33-36,38-39,42-43H,28-32,37H2,1H3. The molecule has 4 heterocycles. The molecule has 0 amide bonds. The van der Waals surface area contributed by atoms with Crippen molar-refractivity contribution in [1.29, 1.82) is 0 Å². The zero-order chi connectivity index (χ0) is 42.8. The number of rotatable bonds is 7. The summed E-state index contributed by atoms with van der Waals surface area (Å²) >= 11 is 0. The largest absolute Gasteiger partial charge is 0.455 e. The van der Waals surface area contributed by atoms with Crippen LogP contribution in [0.3, 0.4) is 0 Å². The predicted molar refractivity (Wildman–Crippen MR) is 265 cm³/mol. The van der Waals surface area contributed by atoms with E-state index in [0.717, 1.165) is 51.4 Å². The minimum atomic E-state index is -0.0115. The van der Waals surface area contributed by atoms with Crippen LogP contribution in [-0.4, -0.2) is 20.8 Å². The molecule has 0 N–H and O–H groups in total. The summed E-state index contributed by atoms with van der Waals surface area (Å²) in [5.41, 5.74) is 12.0. The molecule has 4 aliphatic carbocycles. The molecule has 4 fully saturated rings. The number of para-hydroxylation sites is 5. The van der Waals surface area contributed by atoms with Crippen LogP contribution in [0.4, 0.5) is 22.7 Å². The van der Waals surface area contributed by atoms with E-state index in [9.17, 15) is 0 Å². The van der Waals surface area contributed by atoms with Crippen LogP contribution in [0, 0.1) is 23.7 Å². The fraction of sp³-hybridized carbons (Fsp3) is 0.203. The van der Waals surface area contributed by atoms with E-state index >= 15 is 0 Å². The number of anilines is 4. The first-order valence-corrected chi connectivity index (χ1v) is 23.5. The van der Waals surface area contributed by atoms with Crippen LogP contribution in [0.2, 0.25) is 0 Å². The number of aromatic nitrogens is 3. The molecule has 15 rings (SSSR count). The number of benzene rings is 7. The maximum atomic E-state index is 7.26. The van der Waals surface area contributed by atoms with Gasteiger partial charge in [0.25, 0.3) is 0 Å². The highest BCUT2D eigenvalue weighted by Crippen LogP contribution is 2.65. The number of hydrogen-bond donors (Lipinski definition) is 0. The first kappa shape index (κ1) is 37.1. The number of hydrogen-bond acceptors (Lipinski definition) is 4. The minimum absolute atomic E-state index is 0.0115. The van der Waals surface area contributed by atoms with Crippen molar-refractivity contribution in [2.45, 2.75) is 37.5 Å². The monoisotopic (exact) mass is 843 g/mol. The van der Waals surface area contributed by atoms with Crippen LogP contribution < -0.4 is 14.5 Å². The van der Waals surface area contributed by atoms with Gasteiger partial charge in [0.05, 0.1) is 27.9 Å². The molecule has 6 nitrogen and oxygen atoms in total. The number of pyridine rings is 1. The minimum Gasteiger partial charge on any atom is -0.455 e. The van der Waals surface area contributed by atoms with Gasteiger partial charge in [0, 0.05) is 69.2 Å². The van der Waals surface area contributed by atoms with E-state index in [1.807, 2.05) is 0 Å². The molecular formula is C59H49N5O. The zero-order valence-electron chi connectivity index (χ0n) is 36.5. The Bertz CT molecular complexity index is 3470. The van der Waals surface area contributed by atoms with Gasteiger partial charge in [-0.05, 0) is 134 Å². The Morgan fingerprint density at radius 3 is 1.86 bits per heavy atom. The molecule has 4 bridgehead atoms. The van der Waals surface area contributed by atoms with Gasteiger partial charge >= 0.3 is 0 Å². The molecule has 0 unspecified atom stereocenters. The lowest BCUT2D eigenvalue weighted by Gasteiger charge is -2.62. The fourth-order valence-corrected chi connectivity index (χ4v) is 13.7. The molecule has 65 heavy (non-hydrogen) atoms. The number of fused-ring (bicyclic) bond motifs is 7. The average Bonchev–Trinajstić information content (AvgIpc) is 4.00. The van der Waals surface area contributed by atoms with Gasteiger partial charge in [-0.15, -0.1) is 0 Å². The highest BCUT2D eigenvalue weighted by molar-refractivity contribution is 6.12. The Morgan fingerprint density at radius 2 is 1.12 bits per heavy atom. The Hall–Kier alpha value is -7.31. The molecule has 7 aromatic carbocycles. The normalized spacial score (nSPS) is 22.2. The molecule has 3 aromatic heterocycles. The first-order valence-electron chi connectivity index (χ1n) is 23.5. The van der Waals surface area contributed by atoms with E-state index in [1.54, 1.807) is 0 Å². The molecular weight excluding hydrogens is 795 g/mol. The summed E-state index contributed by atoms with van der Waals surface area (Å²) in [4.78, 5) is 10.0. The van der Waals surface area contributed by atoms with E-state index in [-0.39, 0.29) is 5.41 Å². The van der Waals surface area contributed by atoms with E-state index in [0.29, 0.717) is 18.5 Å². The summed E-state index contributed by atoms with van der Waals surface area (Å²) < 4.78 is 11.9. The smallest absolute Gasteiger partial charge is 0.153 e. The second-order valence-corrected chi connectivity index (χ2v) is 19.3. The summed E-state index contributed by atoms with van der Waals surface area (Å²) in [7, 11) is 2.16. The highest BCUT2D eigenvalue weighted by Gasteiger charge is 2.58. The Labute approximate surface area is 378 Å². The van der Waals surface area contributed by atoms with Gasteiger partial charge in [-0.2, -0.15) is 0 Å². The fourth-order valence-electron chi connectivity index (χ4n) is 13.7. The van der Waals surface area contributed by atoms with Crippen LogP contribution in [0.5, 0.6) is 11.5 Å². The van der Waals surface area contributed by atoms with Gasteiger partial charge in [-0.1, -0.05) is 97.1 Å². The average molecular weight is 844 g/mol. The van der Waals surface area contributed by atoms with Gasteiger partial charge in [0.15, 0.2) is 5.75 Å². The van der Waals surface area contributed by atoms with Crippen molar-refractivity contribution in [1.82, 2.24) is 14.1 Å². The summed E-state index contributed by atoms with van der Waals surface area (Å²) in [5, 5.41) is 4.77. The van der Waals surface area contributed by atoms with Crippen molar-refractivity contribution in [3.63, 3.8) is 0 Å². The molecule has 0 radical (unpaired) electrons. The SMILES string of the molecule is Cn1c2ccccc2c2cc(N3CN(c4ccccc4)c4ccccc43)cc(Oc3ccc4c5ccccc5n(-c5cc(C6(c7ccccc7)C7CC8CC(C7)CC6C8)ccn5)c4c3)c21. The summed E-state index contributed by atoms with van der Waals surface area (Å²) in [6.45, 7) is 0.686. The Balaban J connectivity index is 0.922. The quantitative estimate of drug-likeness (QED) is 0.160. The van der Waals surface area contributed by atoms with Crippen molar-refractivity contribution < 1.29 is 4.74 Å². The van der Waals surface area contributed by atoms with Gasteiger partial charge in [-0.25, -0.2) is 4.98 Å². The maximum Gasteiger partial charge on any atom is 0.153 e. The Kier molecular flexibility index (Phi) is 8.04. The van der Waals surface area contributed by atoms with Crippen LogP contribution >= 0.6 is 0 Å². The highest BCUT2D eigenvalue weighted by atomic mass is 16.5. The molecule has 4 saturated carbocycles. The van der Waals surface area contributed by atoms with Crippen LogP contribution in [0.1, 0.15) is 43.2 Å². The molecule has 10 aromatic rings. The van der Waals surface area contributed by atoms with E-state index in [4.69, 9.17) is 9.72 Å². The number of nitrogens with zero attached hydrogens (tertiary/aromatic N) is 5. The molecule has 0 atom stereocenters. The lowest BCUT2D eigenvalue weighted by atomic mass is 9.42. The molecule has 0 saturated heterocycles. The van der Waals surface area contributed by atoms with E-state index in [2.05, 4.69) is 208 Å². The van der Waals surface area contributed by atoms with Gasteiger partial charge in [0.2, 0.25) is 0 Å². The topological polar surface area (TPSA) is 38.5 Å². The third kappa shape index (κ3) is 5.43. The lowest BCUT2D eigenvalue weighted by molar-refractivity contribution is -0.0418. The number of aryl methyl sites for hydroxylation is 1. The van der Waals surface area contributed by atoms with Crippen molar-refractivity contribution >= 4 is 66.4 Å². The molecule has 0 spiro atoms. The second-order valence-electron chi connectivity index (χ2n) is 19.3. The van der Waals surface area contributed by atoms with Crippen LogP contribution in [0.25, 0.3) is 49.4 Å². The number of ether oxygens (including phenoxy) is 1. The van der Waals surface area contributed by atoms with Gasteiger partial charge < -0.3 is 19.1 Å². The zero-order valence-corrected chi connectivity index (χ0v) is 36.5. The third-order valence-electron chi connectivity index (χ3n) is 16.1. The van der Waals surface area contributed by atoms with E-state index < -0.39 is 0 Å². The Morgan fingerprint density at radius 1 is 0.508 bits per heavy atom. The molecule has 5 aliphatic rings. The summed E-state index contributed by atoms with van der Waals surface area (Å²) in [6.07, 6.45) is 8.83. The summed E-state index contributed by atoms with van der Waals surface area (Å²) in [6, 6.07) is 64.4. The lowest BCUT2D eigenvalue weighted by Crippen LogP contribution is -2.56. The summed E-state index contributed by atoms with van der Waals surface area (Å²) in [5.74, 6) is 5.61. The van der Waals surface area contributed by atoms with Crippen molar-refractivity contribution in [3.05, 3.63) is 193 Å². The van der Waals surface area contributed by atoms with E-state index in [1.165, 1.54) is 87.4 Å². The molecule has 6 heteroatoms. The van der Waals surface area contributed by atoms with Crippen molar-refractivity contribution in [2.24, 2.45) is 30.7 Å². The molecule has 1 aliphatic heterocycles. The van der Waals surface area contributed by atoms with Gasteiger partial charge in [0.1, 0.15) is 18.2 Å². The molecule has 316 valence electrons. The van der Waals surface area contributed by atoms with Crippen LogP contribution in [0.15, 0.2) is 182 Å².